The third-order valence-corrected chi connectivity index (χ3v) is 6.04. The zero-order valence-electron chi connectivity index (χ0n) is 18.8. The van der Waals surface area contributed by atoms with E-state index in [1.54, 1.807) is 49.0 Å². The van der Waals surface area contributed by atoms with E-state index in [0.29, 0.717) is 28.1 Å². The topological polar surface area (TPSA) is 87.7 Å². The molecule has 7 nitrogen and oxygen atoms in total. The van der Waals surface area contributed by atoms with E-state index >= 15 is 0 Å². The molecule has 4 rings (SSSR count). The summed E-state index contributed by atoms with van der Waals surface area (Å²) in [6, 6.07) is 12.9. The Morgan fingerprint density at radius 3 is 2.38 bits per heavy atom. The molecule has 2 unspecified atom stereocenters. The summed E-state index contributed by atoms with van der Waals surface area (Å²) in [4.78, 5) is 0. The van der Waals surface area contributed by atoms with Crippen LogP contribution in [0.25, 0.3) is 11.3 Å². The number of aromatic nitrogens is 2. The van der Waals surface area contributed by atoms with Crippen molar-refractivity contribution in [2.45, 2.75) is 20.0 Å². The number of nitriles is 1. The van der Waals surface area contributed by atoms with Crippen LogP contribution in [-0.2, 0) is 6.18 Å². The highest BCUT2D eigenvalue weighted by molar-refractivity contribution is 5.74. The molecule has 0 aliphatic carbocycles. The minimum absolute atomic E-state index is 0.0458. The summed E-state index contributed by atoms with van der Waals surface area (Å²) in [6.45, 7) is 2.80. The van der Waals surface area contributed by atoms with Crippen molar-refractivity contribution in [1.82, 2.24) is 14.4 Å². The molecule has 0 fully saturated rings. The summed E-state index contributed by atoms with van der Waals surface area (Å²) >= 11 is 0. The minimum atomic E-state index is -4.62. The van der Waals surface area contributed by atoms with Crippen molar-refractivity contribution in [3.05, 3.63) is 93.2 Å². The van der Waals surface area contributed by atoms with E-state index in [4.69, 9.17) is 5.26 Å². The van der Waals surface area contributed by atoms with Gasteiger partial charge in [-0.3, -0.25) is 4.65 Å². The Morgan fingerprint density at radius 1 is 1.09 bits per heavy atom. The fourth-order valence-electron chi connectivity index (χ4n) is 4.34. The number of quaternary nitrogens is 2. The lowest BCUT2D eigenvalue weighted by molar-refractivity contribution is -0.863. The highest BCUT2D eigenvalue weighted by Crippen LogP contribution is 2.41. The van der Waals surface area contributed by atoms with Crippen LogP contribution in [0.2, 0.25) is 0 Å². The van der Waals surface area contributed by atoms with Crippen LogP contribution in [0.3, 0.4) is 0 Å². The number of hydroxylamine groups is 5. The Hall–Kier alpha value is -3.49. The molecule has 1 aromatic heterocycles. The van der Waals surface area contributed by atoms with Crippen LogP contribution >= 0.6 is 0 Å². The van der Waals surface area contributed by atoms with E-state index in [-0.39, 0.29) is 17.9 Å². The first-order valence-electron chi connectivity index (χ1n) is 10.4. The molecule has 1 aliphatic rings. The van der Waals surface area contributed by atoms with Gasteiger partial charge in [0, 0.05) is 19.1 Å². The van der Waals surface area contributed by atoms with Crippen LogP contribution in [0.5, 0.6) is 0 Å². The first kappa shape index (κ1) is 23.7. The van der Waals surface area contributed by atoms with Crippen molar-refractivity contribution in [3.8, 4) is 11.8 Å². The average Bonchev–Trinajstić information content (AvgIpc) is 3.16. The number of aryl methyl sites for hydroxylation is 1. The lowest BCUT2D eigenvalue weighted by Crippen LogP contribution is -2.60. The number of halogens is 3. The average molecular weight is 469 g/mol. The van der Waals surface area contributed by atoms with Gasteiger partial charge in [-0.25, -0.2) is 4.68 Å². The number of rotatable bonds is 3. The Labute approximate surface area is 194 Å². The summed E-state index contributed by atoms with van der Waals surface area (Å²) in [7, 11) is 1.34. The highest BCUT2D eigenvalue weighted by Gasteiger charge is 2.42. The quantitative estimate of drug-likeness (QED) is 0.389. The van der Waals surface area contributed by atoms with E-state index in [1.165, 1.54) is 19.2 Å². The zero-order chi connectivity index (χ0) is 24.9. The van der Waals surface area contributed by atoms with Gasteiger partial charge in [-0.05, 0) is 42.8 Å². The molecule has 10 heteroatoms. The van der Waals surface area contributed by atoms with Crippen LogP contribution in [0.4, 0.5) is 18.9 Å². The Morgan fingerprint density at radius 2 is 1.76 bits per heavy atom. The van der Waals surface area contributed by atoms with Gasteiger partial charge in [-0.1, -0.05) is 6.07 Å². The van der Waals surface area contributed by atoms with E-state index in [9.17, 15) is 23.6 Å². The maximum Gasteiger partial charge on any atom is 0.416 e. The van der Waals surface area contributed by atoms with Crippen LogP contribution < -0.4 is 4.65 Å². The second-order valence-corrected chi connectivity index (χ2v) is 8.69. The molecular weight excluding hydrogens is 447 g/mol. The molecule has 0 N–H and O–H groups in total. The SMILES string of the molecule is CC1=C(c2c(C)cnn2-c2ccc(C#N)cc2)C[N+](C)([O-])C[N+]1([O-])c1cccc(C(F)(F)F)c1. The summed E-state index contributed by atoms with van der Waals surface area (Å²) < 4.78 is 39.3. The van der Waals surface area contributed by atoms with E-state index in [1.807, 2.05) is 6.07 Å². The third-order valence-electron chi connectivity index (χ3n) is 6.04. The van der Waals surface area contributed by atoms with Gasteiger partial charge >= 0.3 is 6.18 Å². The molecule has 0 saturated carbocycles. The molecule has 0 bridgehead atoms. The Bertz CT molecular complexity index is 1320. The molecular formula is C24H22F3N5O2. The molecule has 176 valence electrons. The number of benzene rings is 2. The van der Waals surface area contributed by atoms with Gasteiger partial charge in [-0.15, -0.1) is 0 Å². The third kappa shape index (κ3) is 4.10. The van der Waals surface area contributed by atoms with E-state index < -0.39 is 27.7 Å². The van der Waals surface area contributed by atoms with Gasteiger partial charge in [-0.2, -0.15) is 23.5 Å². The molecule has 3 aromatic rings. The molecule has 0 amide bonds. The number of nitrogens with zero attached hydrogens (tertiary/aromatic N) is 5. The number of allylic oxidation sites excluding steroid dienone is 1. The largest absolute Gasteiger partial charge is 0.629 e. The van der Waals surface area contributed by atoms with Crippen molar-refractivity contribution in [2.75, 3.05) is 20.3 Å². The van der Waals surface area contributed by atoms with Crippen LogP contribution in [0, 0.1) is 28.7 Å². The second kappa shape index (κ2) is 8.07. The minimum Gasteiger partial charge on any atom is -0.629 e. The lowest BCUT2D eigenvalue weighted by Gasteiger charge is -2.53. The predicted molar refractivity (Wildman–Crippen MR) is 122 cm³/mol. The van der Waals surface area contributed by atoms with Crippen LogP contribution in [0.15, 0.2) is 60.4 Å². The molecule has 1 aliphatic heterocycles. The monoisotopic (exact) mass is 469 g/mol. The number of hydrogen-bond donors (Lipinski definition) is 0. The van der Waals surface area contributed by atoms with Crippen molar-refractivity contribution in [2.24, 2.45) is 0 Å². The van der Waals surface area contributed by atoms with Crippen LogP contribution in [-0.4, -0.2) is 34.7 Å². The van der Waals surface area contributed by atoms with Gasteiger partial charge in [0.25, 0.3) is 0 Å². The number of hydrogen-bond acceptors (Lipinski definition) is 4. The maximum atomic E-state index is 14.1. The molecule has 0 radical (unpaired) electrons. The van der Waals surface area contributed by atoms with E-state index in [2.05, 4.69) is 5.10 Å². The first-order chi connectivity index (χ1) is 15.9. The Balaban J connectivity index is 1.92. The van der Waals surface area contributed by atoms with Crippen molar-refractivity contribution < 1.29 is 17.8 Å². The van der Waals surface area contributed by atoms with Gasteiger partial charge < -0.3 is 15.1 Å². The summed E-state index contributed by atoms with van der Waals surface area (Å²) in [6.07, 6.45) is -3.02. The number of likely N-dealkylation sites (N-methyl/N-ethyl adjacent to an activating group) is 1. The molecule has 2 heterocycles. The van der Waals surface area contributed by atoms with Gasteiger partial charge in [0.2, 0.25) is 6.67 Å². The fourth-order valence-corrected chi connectivity index (χ4v) is 4.34. The molecule has 2 atom stereocenters. The van der Waals surface area contributed by atoms with Crippen molar-refractivity contribution in [3.63, 3.8) is 0 Å². The fraction of sp³-hybridized carbons (Fsp3) is 0.250. The number of alkyl halides is 3. The van der Waals surface area contributed by atoms with Gasteiger partial charge in [0.15, 0.2) is 0 Å². The standard InChI is InChI=1S/C24H22F3N5O2/c1-16-13-29-30(20-9-7-18(12-28)8-10-20)23(16)22-14-31(3,33)15-32(34,17(22)2)21-6-4-5-19(11-21)24(25,26)27/h4-11,13H,14-15H2,1-3H3. The normalized spacial score (nSPS) is 23.1. The van der Waals surface area contributed by atoms with E-state index in [0.717, 1.165) is 12.1 Å². The summed E-state index contributed by atoms with van der Waals surface area (Å²) in [5.74, 6) is 0. The summed E-state index contributed by atoms with van der Waals surface area (Å²) in [5.41, 5.74) is 1.87. The molecule has 2 aromatic carbocycles. The predicted octanol–water partition coefficient (Wildman–Crippen LogP) is 5.22. The van der Waals surface area contributed by atoms with Gasteiger partial charge in [0.1, 0.15) is 17.9 Å². The second-order valence-electron chi connectivity index (χ2n) is 8.69. The van der Waals surface area contributed by atoms with Crippen molar-refractivity contribution in [1.29, 1.82) is 5.26 Å². The smallest absolute Gasteiger partial charge is 0.416 e. The highest BCUT2D eigenvalue weighted by atomic mass is 19.4. The van der Waals surface area contributed by atoms with Crippen LogP contribution in [0.1, 0.15) is 29.3 Å². The Kier molecular flexibility index (Phi) is 5.62. The molecule has 34 heavy (non-hydrogen) atoms. The zero-order valence-corrected chi connectivity index (χ0v) is 18.8. The lowest BCUT2D eigenvalue weighted by atomic mass is 10.0. The van der Waals surface area contributed by atoms with Crippen molar-refractivity contribution >= 4 is 11.3 Å². The molecule has 0 saturated heterocycles. The molecule has 0 spiro atoms. The maximum absolute atomic E-state index is 14.1. The summed E-state index contributed by atoms with van der Waals surface area (Å²) in [5, 5.41) is 40.9. The first-order valence-corrected chi connectivity index (χ1v) is 10.4. The van der Waals surface area contributed by atoms with Gasteiger partial charge in [0.05, 0.1) is 47.4 Å².